The van der Waals surface area contributed by atoms with Gasteiger partial charge < -0.3 is 15.2 Å². The lowest BCUT2D eigenvalue weighted by Crippen LogP contribution is -2.45. The van der Waals surface area contributed by atoms with Crippen LogP contribution in [0.5, 0.6) is 11.5 Å². The summed E-state index contributed by atoms with van der Waals surface area (Å²) in [6.45, 7) is 4.21. The minimum Gasteiger partial charge on any atom is -0.457 e. The van der Waals surface area contributed by atoms with Crippen molar-refractivity contribution in [2.75, 3.05) is 32.8 Å². The fraction of sp³-hybridized carbons (Fsp3) is 0.368. The SMILES string of the molecule is OCC[C@H](c1cccc(Oc2ccccc2)c1)N1CCNCC1. The molecule has 1 heterocycles. The third kappa shape index (κ3) is 4.32. The van der Waals surface area contributed by atoms with E-state index in [-0.39, 0.29) is 12.6 Å². The molecule has 0 aliphatic carbocycles. The van der Waals surface area contributed by atoms with Gasteiger partial charge >= 0.3 is 0 Å². The highest BCUT2D eigenvalue weighted by Gasteiger charge is 2.22. The van der Waals surface area contributed by atoms with Crippen molar-refractivity contribution in [3.05, 3.63) is 60.2 Å². The Hall–Kier alpha value is -1.88. The topological polar surface area (TPSA) is 44.7 Å². The van der Waals surface area contributed by atoms with Crippen LogP contribution in [0.25, 0.3) is 0 Å². The quantitative estimate of drug-likeness (QED) is 0.861. The lowest BCUT2D eigenvalue weighted by Gasteiger charge is -2.35. The van der Waals surface area contributed by atoms with Crippen molar-refractivity contribution in [2.24, 2.45) is 0 Å². The van der Waals surface area contributed by atoms with Crippen LogP contribution >= 0.6 is 0 Å². The van der Waals surface area contributed by atoms with Gasteiger partial charge in [0.25, 0.3) is 0 Å². The molecule has 1 atom stereocenters. The number of rotatable bonds is 6. The number of aliphatic hydroxyl groups is 1. The molecular weight excluding hydrogens is 288 g/mol. The first kappa shape index (κ1) is 16.0. The lowest BCUT2D eigenvalue weighted by molar-refractivity contribution is 0.141. The van der Waals surface area contributed by atoms with E-state index in [0.717, 1.165) is 44.1 Å². The Balaban J connectivity index is 1.78. The smallest absolute Gasteiger partial charge is 0.127 e. The average molecular weight is 312 g/mol. The van der Waals surface area contributed by atoms with Crippen LogP contribution in [0.1, 0.15) is 18.0 Å². The van der Waals surface area contributed by atoms with Crippen molar-refractivity contribution in [1.82, 2.24) is 10.2 Å². The van der Waals surface area contributed by atoms with E-state index in [1.165, 1.54) is 5.56 Å². The van der Waals surface area contributed by atoms with Gasteiger partial charge in [0.1, 0.15) is 11.5 Å². The van der Waals surface area contributed by atoms with Crippen LogP contribution in [-0.4, -0.2) is 42.8 Å². The molecule has 1 aliphatic rings. The number of ether oxygens (including phenoxy) is 1. The molecule has 1 saturated heterocycles. The molecule has 2 aromatic carbocycles. The molecule has 3 rings (SSSR count). The van der Waals surface area contributed by atoms with Gasteiger partial charge in [-0.2, -0.15) is 0 Å². The number of benzene rings is 2. The summed E-state index contributed by atoms with van der Waals surface area (Å²) in [4.78, 5) is 2.44. The number of para-hydroxylation sites is 1. The standard InChI is InChI=1S/C19H24N2O2/c22-14-9-19(21-12-10-20-11-13-21)16-5-4-8-18(15-16)23-17-6-2-1-3-7-17/h1-8,15,19-20,22H,9-14H2/t19-/m1/s1. The molecule has 4 heteroatoms. The molecule has 0 aromatic heterocycles. The van der Waals surface area contributed by atoms with Crippen molar-refractivity contribution in [1.29, 1.82) is 0 Å². The molecule has 2 N–H and O–H groups in total. The molecule has 0 saturated carbocycles. The van der Waals surface area contributed by atoms with Crippen molar-refractivity contribution >= 4 is 0 Å². The molecule has 122 valence electrons. The Morgan fingerprint density at radius 2 is 1.74 bits per heavy atom. The van der Waals surface area contributed by atoms with Crippen LogP contribution in [0.4, 0.5) is 0 Å². The zero-order valence-electron chi connectivity index (χ0n) is 13.3. The predicted octanol–water partition coefficient (Wildman–Crippen LogP) is 2.81. The summed E-state index contributed by atoms with van der Waals surface area (Å²) in [5.41, 5.74) is 1.20. The maximum absolute atomic E-state index is 9.46. The number of nitrogens with zero attached hydrogens (tertiary/aromatic N) is 1. The van der Waals surface area contributed by atoms with E-state index in [4.69, 9.17) is 4.74 Å². The Kier molecular flexibility index (Phi) is 5.64. The zero-order chi connectivity index (χ0) is 15.9. The highest BCUT2D eigenvalue weighted by Crippen LogP contribution is 2.29. The van der Waals surface area contributed by atoms with E-state index in [2.05, 4.69) is 22.3 Å². The molecular formula is C19H24N2O2. The molecule has 0 bridgehead atoms. The van der Waals surface area contributed by atoms with Gasteiger partial charge in [-0.05, 0) is 36.2 Å². The van der Waals surface area contributed by atoms with E-state index in [1.807, 2.05) is 42.5 Å². The van der Waals surface area contributed by atoms with Gasteiger partial charge in [0.2, 0.25) is 0 Å². The first-order valence-electron chi connectivity index (χ1n) is 8.25. The molecule has 1 aliphatic heterocycles. The predicted molar refractivity (Wildman–Crippen MR) is 91.8 cm³/mol. The van der Waals surface area contributed by atoms with Crippen molar-refractivity contribution in [3.8, 4) is 11.5 Å². The van der Waals surface area contributed by atoms with E-state index in [0.29, 0.717) is 0 Å². The van der Waals surface area contributed by atoms with Gasteiger partial charge in [-0.25, -0.2) is 0 Å². The summed E-state index contributed by atoms with van der Waals surface area (Å²) in [6.07, 6.45) is 0.745. The van der Waals surface area contributed by atoms with Crippen LogP contribution in [0, 0.1) is 0 Å². The molecule has 0 radical (unpaired) electrons. The molecule has 4 nitrogen and oxygen atoms in total. The Bertz CT molecular complexity index is 597. The van der Waals surface area contributed by atoms with Crippen molar-refractivity contribution in [3.63, 3.8) is 0 Å². The average Bonchev–Trinajstić information content (AvgIpc) is 2.61. The van der Waals surface area contributed by atoms with Gasteiger partial charge in [-0.3, -0.25) is 4.90 Å². The largest absolute Gasteiger partial charge is 0.457 e. The summed E-state index contributed by atoms with van der Waals surface area (Å²) in [5, 5.41) is 12.8. The molecule has 0 spiro atoms. The molecule has 23 heavy (non-hydrogen) atoms. The summed E-state index contributed by atoms with van der Waals surface area (Å²) >= 11 is 0. The number of hydrogen-bond donors (Lipinski definition) is 2. The van der Waals surface area contributed by atoms with Gasteiger partial charge in [0, 0.05) is 38.8 Å². The summed E-state index contributed by atoms with van der Waals surface area (Å²) < 4.78 is 5.94. The van der Waals surface area contributed by atoms with Crippen LogP contribution in [-0.2, 0) is 0 Å². The molecule has 0 amide bonds. The second-order valence-corrected chi connectivity index (χ2v) is 5.80. The Morgan fingerprint density at radius 1 is 1.00 bits per heavy atom. The first-order chi connectivity index (χ1) is 11.4. The summed E-state index contributed by atoms with van der Waals surface area (Å²) in [6, 6.07) is 18.3. The summed E-state index contributed by atoms with van der Waals surface area (Å²) in [5.74, 6) is 1.68. The fourth-order valence-corrected chi connectivity index (χ4v) is 3.09. The van der Waals surface area contributed by atoms with Gasteiger partial charge in [0.05, 0.1) is 0 Å². The maximum atomic E-state index is 9.46. The van der Waals surface area contributed by atoms with E-state index in [1.54, 1.807) is 0 Å². The highest BCUT2D eigenvalue weighted by molar-refractivity contribution is 5.35. The van der Waals surface area contributed by atoms with Crippen LogP contribution in [0.15, 0.2) is 54.6 Å². The van der Waals surface area contributed by atoms with Gasteiger partial charge in [-0.1, -0.05) is 30.3 Å². The minimum atomic E-state index is 0.193. The monoisotopic (exact) mass is 312 g/mol. The van der Waals surface area contributed by atoms with Gasteiger partial charge in [-0.15, -0.1) is 0 Å². The van der Waals surface area contributed by atoms with Gasteiger partial charge in [0.15, 0.2) is 0 Å². The highest BCUT2D eigenvalue weighted by atomic mass is 16.5. The third-order valence-electron chi connectivity index (χ3n) is 4.22. The summed E-state index contributed by atoms with van der Waals surface area (Å²) in [7, 11) is 0. The molecule has 2 aromatic rings. The van der Waals surface area contributed by atoms with Crippen molar-refractivity contribution < 1.29 is 9.84 Å². The normalized spacial score (nSPS) is 16.9. The van der Waals surface area contributed by atoms with E-state index < -0.39 is 0 Å². The van der Waals surface area contributed by atoms with E-state index >= 15 is 0 Å². The second kappa shape index (κ2) is 8.11. The van der Waals surface area contributed by atoms with Crippen molar-refractivity contribution in [2.45, 2.75) is 12.5 Å². The van der Waals surface area contributed by atoms with Crippen LogP contribution < -0.4 is 10.1 Å². The first-order valence-corrected chi connectivity index (χ1v) is 8.25. The zero-order valence-corrected chi connectivity index (χ0v) is 13.3. The molecule has 1 fully saturated rings. The fourth-order valence-electron chi connectivity index (χ4n) is 3.09. The Morgan fingerprint density at radius 3 is 2.48 bits per heavy atom. The van der Waals surface area contributed by atoms with Crippen LogP contribution in [0.3, 0.4) is 0 Å². The number of nitrogens with one attached hydrogen (secondary N) is 1. The number of piperazine rings is 1. The second-order valence-electron chi connectivity index (χ2n) is 5.80. The van der Waals surface area contributed by atoms with E-state index in [9.17, 15) is 5.11 Å². The Labute approximate surface area is 137 Å². The number of aliphatic hydroxyl groups excluding tert-OH is 1. The molecule has 0 unspecified atom stereocenters. The third-order valence-corrected chi connectivity index (χ3v) is 4.22. The van der Waals surface area contributed by atoms with Crippen LogP contribution in [0.2, 0.25) is 0 Å². The number of hydrogen-bond acceptors (Lipinski definition) is 4. The lowest BCUT2D eigenvalue weighted by atomic mass is 10.0. The minimum absolute atomic E-state index is 0.193. The maximum Gasteiger partial charge on any atom is 0.127 e.